The molecule has 1 aromatic heterocycles. The minimum atomic E-state index is -0.198. The average Bonchev–Trinajstić information content (AvgIpc) is 2.74. The molecule has 1 fully saturated rings. The maximum absolute atomic E-state index is 11.7. The van der Waals surface area contributed by atoms with Gasteiger partial charge in [-0.05, 0) is 50.2 Å². The minimum Gasteiger partial charge on any atom is -0.440 e. The highest BCUT2D eigenvalue weighted by Crippen LogP contribution is 2.15. The Labute approximate surface area is 106 Å². The van der Waals surface area contributed by atoms with Crippen molar-refractivity contribution >= 4 is 17.5 Å². The number of halogens is 1. The van der Waals surface area contributed by atoms with E-state index in [-0.39, 0.29) is 16.9 Å². The SMILES string of the molecule is CN1CCCCC1CNC(=O)c1ccc(Cl)o1. The van der Waals surface area contributed by atoms with Crippen molar-refractivity contribution in [2.45, 2.75) is 25.3 Å². The van der Waals surface area contributed by atoms with Gasteiger partial charge in [0.05, 0.1) is 0 Å². The quantitative estimate of drug-likeness (QED) is 0.901. The summed E-state index contributed by atoms with van der Waals surface area (Å²) < 4.78 is 5.05. The molecule has 0 radical (unpaired) electrons. The standard InChI is InChI=1S/C12H17ClN2O2/c1-15-7-3-2-4-9(15)8-14-12(16)10-5-6-11(13)17-10/h5-6,9H,2-4,7-8H2,1H3,(H,14,16). The molecule has 0 spiro atoms. The number of furan rings is 1. The maximum Gasteiger partial charge on any atom is 0.287 e. The fourth-order valence-electron chi connectivity index (χ4n) is 2.14. The van der Waals surface area contributed by atoms with Crippen LogP contribution in [-0.2, 0) is 0 Å². The van der Waals surface area contributed by atoms with Gasteiger partial charge in [-0.15, -0.1) is 0 Å². The first-order chi connectivity index (χ1) is 8.16. The van der Waals surface area contributed by atoms with Crippen LogP contribution in [0.4, 0.5) is 0 Å². The van der Waals surface area contributed by atoms with E-state index < -0.39 is 0 Å². The summed E-state index contributed by atoms with van der Waals surface area (Å²) in [6, 6.07) is 3.59. The minimum absolute atomic E-state index is 0.198. The number of likely N-dealkylation sites (tertiary alicyclic amines) is 1. The van der Waals surface area contributed by atoms with Crippen LogP contribution in [-0.4, -0.2) is 37.0 Å². The summed E-state index contributed by atoms with van der Waals surface area (Å²) in [6.45, 7) is 1.76. The zero-order valence-corrected chi connectivity index (χ0v) is 10.7. The molecule has 1 aliphatic heterocycles. The van der Waals surface area contributed by atoms with Crippen molar-refractivity contribution in [2.24, 2.45) is 0 Å². The van der Waals surface area contributed by atoms with E-state index in [1.54, 1.807) is 12.1 Å². The first-order valence-electron chi connectivity index (χ1n) is 5.90. The molecule has 1 N–H and O–H groups in total. The van der Waals surface area contributed by atoms with E-state index in [4.69, 9.17) is 16.0 Å². The third-order valence-corrected chi connectivity index (χ3v) is 3.42. The molecule has 0 bridgehead atoms. The van der Waals surface area contributed by atoms with Crippen LogP contribution < -0.4 is 5.32 Å². The van der Waals surface area contributed by atoms with Gasteiger partial charge in [-0.25, -0.2) is 0 Å². The first kappa shape index (κ1) is 12.5. The third kappa shape index (κ3) is 3.23. The molecular weight excluding hydrogens is 240 g/mol. The van der Waals surface area contributed by atoms with E-state index in [1.807, 2.05) is 0 Å². The van der Waals surface area contributed by atoms with Crippen LogP contribution in [0.3, 0.4) is 0 Å². The van der Waals surface area contributed by atoms with Crippen molar-refractivity contribution in [3.63, 3.8) is 0 Å². The van der Waals surface area contributed by atoms with Crippen molar-refractivity contribution in [2.75, 3.05) is 20.1 Å². The number of rotatable bonds is 3. The van der Waals surface area contributed by atoms with Crippen LogP contribution in [0.1, 0.15) is 29.8 Å². The third-order valence-electron chi connectivity index (χ3n) is 3.22. The lowest BCUT2D eigenvalue weighted by molar-refractivity contribution is 0.0901. The molecule has 0 aliphatic carbocycles. The molecule has 1 amide bonds. The smallest absolute Gasteiger partial charge is 0.287 e. The van der Waals surface area contributed by atoms with Gasteiger partial charge >= 0.3 is 0 Å². The molecule has 17 heavy (non-hydrogen) atoms. The summed E-state index contributed by atoms with van der Waals surface area (Å²) in [5, 5.41) is 3.12. The van der Waals surface area contributed by atoms with E-state index in [9.17, 15) is 4.79 Å². The number of carbonyl (C=O) groups excluding carboxylic acids is 1. The molecule has 1 aromatic rings. The highest BCUT2D eigenvalue weighted by molar-refractivity contribution is 6.29. The van der Waals surface area contributed by atoms with E-state index in [1.165, 1.54) is 12.8 Å². The van der Waals surface area contributed by atoms with Crippen LogP contribution in [0.5, 0.6) is 0 Å². The van der Waals surface area contributed by atoms with Gasteiger partial charge in [-0.1, -0.05) is 6.42 Å². The molecule has 2 heterocycles. The number of nitrogens with zero attached hydrogens (tertiary/aromatic N) is 1. The van der Waals surface area contributed by atoms with Crippen LogP contribution in [0.2, 0.25) is 5.22 Å². The van der Waals surface area contributed by atoms with E-state index >= 15 is 0 Å². The monoisotopic (exact) mass is 256 g/mol. The predicted molar refractivity (Wildman–Crippen MR) is 66.3 cm³/mol. The highest BCUT2D eigenvalue weighted by atomic mass is 35.5. The highest BCUT2D eigenvalue weighted by Gasteiger charge is 2.20. The average molecular weight is 257 g/mol. The molecular formula is C12H17ClN2O2. The molecule has 2 rings (SSSR count). The number of nitrogens with one attached hydrogen (secondary N) is 1. The summed E-state index contributed by atoms with van der Waals surface area (Å²) in [5.41, 5.74) is 0. The first-order valence-corrected chi connectivity index (χ1v) is 6.28. The zero-order valence-electron chi connectivity index (χ0n) is 9.91. The van der Waals surface area contributed by atoms with E-state index in [2.05, 4.69) is 17.3 Å². The molecule has 94 valence electrons. The fraction of sp³-hybridized carbons (Fsp3) is 0.583. The lowest BCUT2D eigenvalue weighted by atomic mass is 10.0. The largest absolute Gasteiger partial charge is 0.440 e. The number of piperidine rings is 1. The molecule has 0 aromatic carbocycles. The Bertz CT molecular complexity index is 392. The van der Waals surface area contributed by atoms with Crippen LogP contribution >= 0.6 is 11.6 Å². The Balaban J connectivity index is 1.83. The Morgan fingerprint density at radius 1 is 1.59 bits per heavy atom. The maximum atomic E-state index is 11.7. The van der Waals surface area contributed by atoms with Crippen molar-refractivity contribution in [3.8, 4) is 0 Å². The van der Waals surface area contributed by atoms with Crippen LogP contribution in [0.15, 0.2) is 16.5 Å². The number of hydrogen-bond donors (Lipinski definition) is 1. The van der Waals surface area contributed by atoms with Gasteiger partial charge in [0.2, 0.25) is 0 Å². The lowest BCUT2D eigenvalue weighted by Crippen LogP contribution is -2.44. The fourth-order valence-corrected chi connectivity index (χ4v) is 2.28. The molecule has 1 atom stereocenters. The van der Waals surface area contributed by atoms with Gasteiger partial charge in [0.1, 0.15) is 0 Å². The molecule has 5 heteroatoms. The lowest BCUT2D eigenvalue weighted by Gasteiger charge is -2.32. The number of hydrogen-bond acceptors (Lipinski definition) is 3. The van der Waals surface area contributed by atoms with Crippen molar-refractivity contribution in [1.29, 1.82) is 0 Å². The van der Waals surface area contributed by atoms with Gasteiger partial charge < -0.3 is 14.6 Å². The van der Waals surface area contributed by atoms with Crippen LogP contribution in [0, 0.1) is 0 Å². The second-order valence-corrected chi connectivity index (χ2v) is 4.82. The zero-order chi connectivity index (χ0) is 12.3. The molecule has 0 saturated carbocycles. The molecule has 4 nitrogen and oxygen atoms in total. The molecule has 1 unspecified atom stereocenters. The molecule has 1 aliphatic rings. The van der Waals surface area contributed by atoms with E-state index in [0.717, 1.165) is 13.0 Å². The Hall–Kier alpha value is -1.00. The number of carbonyl (C=O) groups is 1. The van der Waals surface area contributed by atoms with Gasteiger partial charge in [0, 0.05) is 12.6 Å². The summed E-state index contributed by atoms with van der Waals surface area (Å²) >= 11 is 5.62. The van der Waals surface area contributed by atoms with Gasteiger partial charge in [0.15, 0.2) is 11.0 Å². The number of likely N-dealkylation sites (N-methyl/N-ethyl adjacent to an activating group) is 1. The van der Waals surface area contributed by atoms with Gasteiger partial charge in [-0.3, -0.25) is 4.79 Å². The Morgan fingerprint density at radius 2 is 2.41 bits per heavy atom. The van der Waals surface area contributed by atoms with Crippen molar-refractivity contribution < 1.29 is 9.21 Å². The Kier molecular flexibility index (Phi) is 4.07. The van der Waals surface area contributed by atoms with Crippen molar-refractivity contribution in [1.82, 2.24) is 10.2 Å². The van der Waals surface area contributed by atoms with Crippen molar-refractivity contribution in [3.05, 3.63) is 23.1 Å². The Morgan fingerprint density at radius 3 is 3.06 bits per heavy atom. The summed E-state index contributed by atoms with van der Waals surface area (Å²) in [5.74, 6) is 0.0735. The second-order valence-electron chi connectivity index (χ2n) is 4.44. The summed E-state index contributed by atoms with van der Waals surface area (Å²) in [4.78, 5) is 14.0. The summed E-state index contributed by atoms with van der Waals surface area (Å²) in [7, 11) is 2.10. The summed E-state index contributed by atoms with van der Waals surface area (Å²) in [6.07, 6.45) is 3.61. The second kappa shape index (κ2) is 5.56. The van der Waals surface area contributed by atoms with Crippen LogP contribution in [0.25, 0.3) is 0 Å². The van der Waals surface area contributed by atoms with Gasteiger partial charge in [0.25, 0.3) is 5.91 Å². The normalized spacial score (nSPS) is 21.4. The van der Waals surface area contributed by atoms with E-state index in [0.29, 0.717) is 12.6 Å². The number of amides is 1. The topological polar surface area (TPSA) is 45.5 Å². The predicted octanol–water partition coefficient (Wildman–Crippen LogP) is 2.15. The van der Waals surface area contributed by atoms with Gasteiger partial charge in [-0.2, -0.15) is 0 Å². The molecule has 1 saturated heterocycles.